The van der Waals surface area contributed by atoms with Gasteiger partial charge in [-0.2, -0.15) is 0 Å². The molecule has 0 saturated carbocycles. The third-order valence-electron chi connectivity index (χ3n) is 3.23. The van der Waals surface area contributed by atoms with Gasteiger partial charge in [-0.05, 0) is 51.6 Å². The standard InChI is InChI=1S/C14H22O2S.BH3O3/c1-13(2,15)14(3,4)16-10-11-6-8-12(17-5)9-7-11;2-1(3)4/h6-9,15H,10H2,1-5H3;2-4H. The van der Waals surface area contributed by atoms with Crippen LogP contribution in [0.4, 0.5) is 0 Å². The van der Waals surface area contributed by atoms with E-state index in [1.165, 1.54) is 4.90 Å². The zero-order valence-electron chi connectivity index (χ0n) is 13.2. The first-order valence-corrected chi connectivity index (χ1v) is 7.75. The number of benzene rings is 1. The molecular formula is C14H25BO5S. The van der Waals surface area contributed by atoms with Crippen molar-refractivity contribution in [1.29, 1.82) is 0 Å². The lowest BCUT2D eigenvalue weighted by Gasteiger charge is -2.37. The fourth-order valence-corrected chi connectivity index (χ4v) is 1.57. The molecule has 0 saturated heterocycles. The van der Waals surface area contributed by atoms with Crippen LogP contribution in [0.2, 0.25) is 0 Å². The minimum absolute atomic E-state index is 0.519. The second-order valence-electron chi connectivity index (χ2n) is 5.55. The summed E-state index contributed by atoms with van der Waals surface area (Å²) < 4.78 is 5.80. The van der Waals surface area contributed by atoms with Gasteiger partial charge in [0.25, 0.3) is 0 Å². The largest absolute Gasteiger partial charge is 0.631 e. The van der Waals surface area contributed by atoms with Gasteiger partial charge in [-0.3, -0.25) is 0 Å². The second-order valence-corrected chi connectivity index (χ2v) is 6.43. The highest BCUT2D eigenvalue weighted by molar-refractivity contribution is 7.98. The van der Waals surface area contributed by atoms with E-state index in [0.29, 0.717) is 6.61 Å². The zero-order valence-corrected chi connectivity index (χ0v) is 14.0. The van der Waals surface area contributed by atoms with Crippen molar-refractivity contribution in [2.24, 2.45) is 0 Å². The molecule has 1 rings (SSSR count). The van der Waals surface area contributed by atoms with Crippen molar-refractivity contribution >= 4 is 19.1 Å². The lowest BCUT2D eigenvalue weighted by atomic mass is 9.89. The number of aliphatic hydroxyl groups is 1. The number of rotatable bonds is 5. The summed E-state index contributed by atoms with van der Waals surface area (Å²) >= 11 is 1.72. The maximum Gasteiger partial charge on any atom is 0.631 e. The summed E-state index contributed by atoms with van der Waals surface area (Å²) in [5, 5.41) is 31.5. The molecule has 0 amide bonds. The van der Waals surface area contributed by atoms with E-state index in [-0.39, 0.29) is 0 Å². The molecule has 120 valence electrons. The smallest absolute Gasteiger partial charge is 0.402 e. The predicted octanol–water partition coefficient (Wildman–Crippen LogP) is 1.42. The van der Waals surface area contributed by atoms with Crippen molar-refractivity contribution in [3.8, 4) is 0 Å². The van der Waals surface area contributed by atoms with Gasteiger partial charge in [-0.1, -0.05) is 12.1 Å². The van der Waals surface area contributed by atoms with Crippen molar-refractivity contribution in [3.05, 3.63) is 29.8 Å². The molecule has 0 aliphatic rings. The van der Waals surface area contributed by atoms with Gasteiger partial charge in [0.1, 0.15) is 0 Å². The van der Waals surface area contributed by atoms with Crippen LogP contribution in [0.5, 0.6) is 0 Å². The van der Waals surface area contributed by atoms with Gasteiger partial charge in [0.2, 0.25) is 0 Å². The van der Waals surface area contributed by atoms with Crippen molar-refractivity contribution in [2.45, 2.75) is 50.4 Å². The number of ether oxygens (including phenoxy) is 1. The number of thioether (sulfide) groups is 1. The molecule has 0 atom stereocenters. The maximum atomic E-state index is 9.98. The highest BCUT2D eigenvalue weighted by Gasteiger charge is 2.35. The van der Waals surface area contributed by atoms with Crippen LogP contribution in [0, 0.1) is 0 Å². The van der Waals surface area contributed by atoms with Crippen LogP contribution in [0.25, 0.3) is 0 Å². The van der Waals surface area contributed by atoms with Gasteiger partial charge >= 0.3 is 7.32 Å². The minimum atomic E-state index is -2.17. The van der Waals surface area contributed by atoms with Gasteiger partial charge in [0.05, 0.1) is 17.8 Å². The Labute approximate surface area is 131 Å². The molecule has 0 aromatic heterocycles. The summed E-state index contributed by atoms with van der Waals surface area (Å²) in [5.41, 5.74) is -0.294. The molecule has 4 N–H and O–H groups in total. The van der Waals surface area contributed by atoms with E-state index in [9.17, 15) is 5.11 Å². The molecule has 21 heavy (non-hydrogen) atoms. The molecule has 0 heterocycles. The second kappa shape index (κ2) is 8.78. The Bertz CT molecular complexity index is 398. The van der Waals surface area contributed by atoms with Gasteiger partial charge in [-0.25, -0.2) is 0 Å². The normalized spacial score (nSPS) is 11.7. The van der Waals surface area contributed by atoms with E-state index in [4.69, 9.17) is 19.8 Å². The first-order valence-electron chi connectivity index (χ1n) is 6.53. The molecule has 5 nitrogen and oxygen atoms in total. The van der Waals surface area contributed by atoms with Crippen LogP contribution >= 0.6 is 11.8 Å². The first kappa shape index (κ1) is 20.4. The van der Waals surface area contributed by atoms with E-state index < -0.39 is 18.5 Å². The van der Waals surface area contributed by atoms with Crippen LogP contribution in [0.3, 0.4) is 0 Å². The zero-order chi connectivity index (χ0) is 16.7. The molecule has 0 bridgehead atoms. The molecule has 0 fully saturated rings. The van der Waals surface area contributed by atoms with Gasteiger partial charge in [-0.15, -0.1) is 11.8 Å². The molecule has 0 radical (unpaired) electrons. The molecule has 0 spiro atoms. The lowest BCUT2D eigenvalue weighted by Crippen LogP contribution is -2.47. The molecular weight excluding hydrogens is 291 g/mol. The Morgan fingerprint density at radius 1 is 1.05 bits per heavy atom. The first-order chi connectivity index (χ1) is 9.49. The summed E-state index contributed by atoms with van der Waals surface area (Å²) in [7, 11) is -2.17. The third kappa shape index (κ3) is 8.45. The Morgan fingerprint density at radius 3 is 1.81 bits per heavy atom. The molecule has 0 aliphatic heterocycles. The average Bonchev–Trinajstić information content (AvgIpc) is 2.35. The van der Waals surface area contributed by atoms with Crippen molar-refractivity contribution in [2.75, 3.05) is 6.26 Å². The Hall–Kier alpha value is -0.565. The highest BCUT2D eigenvalue weighted by Crippen LogP contribution is 2.26. The van der Waals surface area contributed by atoms with E-state index in [2.05, 4.69) is 30.5 Å². The molecule has 0 aliphatic carbocycles. The molecule has 0 unspecified atom stereocenters. The average molecular weight is 316 g/mol. The van der Waals surface area contributed by atoms with Crippen molar-refractivity contribution in [1.82, 2.24) is 0 Å². The van der Waals surface area contributed by atoms with Crippen LogP contribution in [-0.4, -0.2) is 45.0 Å². The quantitative estimate of drug-likeness (QED) is 0.485. The van der Waals surface area contributed by atoms with Crippen LogP contribution in [-0.2, 0) is 11.3 Å². The van der Waals surface area contributed by atoms with Crippen LogP contribution < -0.4 is 0 Å². The van der Waals surface area contributed by atoms with Crippen molar-refractivity contribution in [3.63, 3.8) is 0 Å². The van der Waals surface area contributed by atoms with Gasteiger partial charge in [0, 0.05) is 4.90 Å². The minimum Gasteiger partial charge on any atom is -0.402 e. The van der Waals surface area contributed by atoms with Crippen LogP contribution in [0.15, 0.2) is 29.2 Å². The van der Waals surface area contributed by atoms with E-state index in [1.807, 2.05) is 13.8 Å². The van der Waals surface area contributed by atoms with E-state index in [0.717, 1.165) is 5.56 Å². The highest BCUT2D eigenvalue weighted by atomic mass is 32.2. The summed E-state index contributed by atoms with van der Waals surface area (Å²) in [4.78, 5) is 1.25. The number of hydrogen-bond acceptors (Lipinski definition) is 6. The molecule has 1 aromatic carbocycles. The van der Waals surface area contributed by atoms with E-state index in [1.54, 1.807) is 25.6 Å². The van der Waals surface area contributed by atoms with Crippen molar-refractivity contribution < 1.29 is 24.9 Å². The Balaban J connectivity index is 0.000000885. The lowest BCUT2D eigenvalue weighted by molar-refractivity contribution is -0.153. The summed E-state index contributed by atoms with van der Waals surface area (Å²) in [5.74, 6) is 0. The fraction of sp³-hybridized carbons (Fsp3) is 0.571. The van der Waals surface area contributed by atoms with Gasteiger partial charge in [0.15, 0.2) is 0 Å². The van der Waals surface area contributed by atoms with Gasteiger partial charge < -0.3 is 24.9 Å². The number of hydrogen-bond donors (Lipinski definition) is 4. The summed E-state index contributed by atoms with van der Waals surface area (Å²) in [6.45, 7) is 7.87. The topological polar surface area (TPSA) is 90.2 Å². The monoisotopic (exact) mass is 316 g/mol. The SMILES string of the molecule is CSc1ccc(COC(C)(C)C(C)(C)O)cc1.OB(O)O. The third-order valence-corrected chi connectivity index (χ3v) is 3.98. The molecule has 7 heteroatoms. The summed E-state index contributed by atoms with van der Waals surface area (Å²) in [6.07, 6.45) is 2.06. The molecule has 1 aromatic rings. The predicted molar refractivity (Wildman–Crippen MR) is 85.8 cm³/mol. The summed E-state index contributed by atoms with van der Waals surface area (Å²) in [6, 6.07) is 8.29. The van der Waals surface area contributed by atoms with E-state index >= 15 is 0 Å². The fourth-order valence-electron chi connectivity index (χ4n) is 1.16. The maximum absolute atomic E-state index is 9.98. The Morgan fingerprint density at radius 2 is 1.48 bits per heavy atom. The Kier molecular flexibility index (Phi) is 8.54. The van der Waals surface area contributed by atoms with Crippen LogP contribution in [0.1, 0.15) is 33.3 Å².